The van der Waals surface area contributed by atoms with Crippen LogP contribution in [0.2, 0.25) is 0 Å². The van der Waals surface area contributed by atoms with Crippen molar-refractivity contribution in [2.45, 2.75) is 13.3 Å². The Balaban J connectivity index is 1.81. The summed E-state index contributed by atoms with van der Waals surface area (Å²) >= 11 is 0. The highest BCUT2D eigenvalue weighted by molar-refractivity contribution is 6.04. The molecule has 5 heteroatoms. The molecular weight excluding hydrogens is 268 g/mol. The second-order valence-electron chi connectivity index (χ2n) is 5.11. The van der Waals surface area contributed by atoms with Crippen LogP contribution in [0.25, 0.3) is 0 Å². The van der Waals surface area contributed by atoms with Crippen molar-refractivity contribution in [1.29, 1.82) is 0 Å². The van der Waals surface area contributed by atoms with Crippen LogP contribution in [-0.2, 0) is 0 Å². The van der Waals surface area contributed by atoms with Crippen LogP contribution in [0.3, 0.4) is 0 Å². The number of anilines is 1. The lowest BCUT2D eigenvalue weighted by atomic mass is 10.1. The Morgan fingerprint density at radius 1 is 1.24 bits per heavy atom. The number of carbonyl (C=O) groups excluding carboxylic acids is 2. The number of hydrogen-bond donors (Lipinski definition) is 1. The summed E-state index contributed by atoms with van der Waals surface area (Å²) in [6, 6.07) is 8.60. The van der Waals surface area contributed by atoms with Gasteiger partial charge in [0, 0.05) is 24.3 Å². The number of nitrogens with zero attached hydrogens (tertiary/aromatic N) is 1. The van der Waals surface area contributed by atoms with E-state index >= 15 is 0 Å². The van der Waals surface area contributed by atoms with Crippen LogP contribution in [-0.4, -0.2) is 29.8 Å². The summed E-state index contributed by atoms with van der Waals surface area (Å²) in [6.07, 6.45) is 2.51. The van der Waals surface area contributed by atoms with Crippen LogP contribution >= 0.6 is 0 Å². The Kier molecular flexibility index (Phi) is 3.48. The first-order valence-corrected chi connectivity index (χ1v) is 6.90. The molecule has 0 spiro atoms. The van der Waals surface area contributed by atoms with Crippen molar-refractivity contribution in [2.24, 2.45) is 0 Å². The van der Waals surface area contributed by atoms with Crippen LogP contribution in [0.5, 0.6) is 0 Å². The minimum Gasteiger partial charge on any atom is -0.459 e. The predicted octanol–water partition coefficient (Wildman–Crippen LogP) is 2.69. The number of aryl methyl sites for hydroxylation is 1. The molecule has 0 bridgehead atoms. The van der Waals surface area contributed by atoms with Gasteiger partial charge in [-0.25, -0.2) is 0 Å². The zero-order chi connectivity index (χ0) is 14.8. The van der Waals surface area contributed by atoms with Gasteiger partial charge in [-0.1, -0.05) is 6.07 Å². The molecule has 2 amide bonds. The molecule has 0 aliphatic carbocycles. The lowest BCUT2D eigenvalue weighted by Gasteiger charge is -2.31. The number of rotatable bonds is 3. The van der Waals surface area contributed by atoms with Gasteiger partial charge in [0.25, 0.3) is 11.8 Å². The van der Waals surface area contributed by atoms with E-state index in [0.717, 1.165) is 25.1 Å². The van der Waals surface area contributed by atoms with E-state index < -0.39 is 0 Å². The van der Waals surface area contributed by atoms with Crippen molar-refractivity contribution in [3.8, 4) is 0 Å². The van der Waals surface area contributed by atoms with Gasteiger partial charge >= 0.3 is 0 Å². The highest BCUT2D eigenvalue weighted by Gasteiger charge is 2.22. The molecule has 108 valence electrons. The van der Waals surface area contributed by atoms with Crippen molar-refractivity contribution in [2.75, 3.05) is 18.4 Å². The van der Waals surface area contributed by atoms with Gasteiger partial charge in [0.1, 0.15) is 0 Å². The summed E-state index contributed by atoms with van der Waals surface area (Å²) in [7, 11) is 0. The van der Waals surface area contributed by atoms with Gasteiger partial charge in [-0.3, -0.25) is 9.59 Å². The normalized spacial score (nSPS) is 13.7. The summed E-state index contributed by atoms with van der Waals surface area (Å²) in [5, 5.41) is 2.78. The summed E-state index contributed by atoms with van der Waals surface area (Å²) in [5.74, 6) is -0.0692. The molecule has 2 heterocycles. The van der Waals surface area contributed by atoms with E-state index in [-0.39, 0.29) is 17.6 Å². The van der Waals surface area contributed by atoms with E-state index in [4.69, 9.17) is 4.42 Å². The molecule has 1 saturated heterocycles. The molecular formula is C16H16N2O3. The first-order chi connectivity index (χ1) is 10.1. The minimum absolute atomic E-state index is 0.00903. The number of benzene rings is 1. The van der Waals surface area contributed by atoms with Gasteiger partial charge in [-0.05, 0) is 43.2 Å². The monoisotopic (exact) mass is 284 g/mol. The van der Waals surface area contributed by atoms with Crippen LogP contribution in [0.15, 0.2) is 41.0 Å². The molecule has 0 unspecified atom stereocenters. The van der Waals surface area contributed by atoms with Gasteiger partial charge in [0.2, 0.25) is 0 Å². The maximum absolute atomic E-state index is 12.2. The van der Waals surface area contributed by atoms with E-state index in [1.165, 1.54) is 6.26 Å². The minimum atomic E-state index is -0.323. The summed E-state index contributed by atoms with van der Waals surface area (Å²) in [5.41, 5.74) is 2.12. The van der Waals surface area contributed by atoms with Crippen LogP contribution < -0.4 is 5.32 Å². The number of furan rings is 1. The van der Waals surface area contributed by atoms with Crippen molar-refractivity contribution >= 4 is 17.5 Å². The lowest BCUT2D eigenvalue weighted by molar-refractivity contribution is 0.0651. The molecule has 1 aromatic heterocycles. The van der Waals surface area contributed by atoms with Crippen molar-refractivity contribution in [3.63, 3.8) is 0 Å². The van der Waals surface area contributed by atoms with E-state index in [9.17, 15) is 9.59 Å². The van der Waals surface area contributed by atoms with Crippen LogP contribution in [0.4, 0.5) is 5.69 Å². The van der Waals surface area contributed by atoms with Crippen molar-refractivity contribution < 1.29 is 14.0 Å². The number of hydrogen-bond acceptors (Lipinski definition) is 3. The van der Waals surface area contributed by atoms with Gasteiger partial charge in [0.15, 0.2) is 5.76 Å². The Hall–Kier alpha value is -2.56. The van der Waals surface area contributed by atoms with Gasteiger partial charge < -0.3 is 14.6 Å². The third-order valence-electron chi connectivity index (χ3n) is 3.62. The summed E-state index contributed by atoms with van der Waals surface area (Å²) in [4.78, 5) is 26.0. The molecule has 1 aromatic carbocycles. The zero-order valence-electron chi connectivity index (χ0n) is 11.8. The Morgan fingerprint density at radius 3 is 2.67 bits per heavy atom. The van der Waals surface area contributed by atoms with Crippen molar-refractivity contribution in [1.82, 2.24) is 4.90 Å². The molecule has 1 N–H and O–H groups in total. The molecule has 0 radical (unpaired) electrons. The van der Waals surface area contributed by atoms with Crippen molar-refractivity contribution in [3.05, 3.63) is 53.5 Å². The molecule has 1 aliphatic heterocycles. The fourth-order valence-corrected chi connectivity index (χ4v) is 2.18. The van der Waals surface area contributed by atoms with Crippen LogP contribution in [0, 0.1) is 6.92 Å². The predicted molar refractivity (Wildman–Crippen MR) is 78.4 cm³/mol. The second-order valence-corrected chi connectivity index (χ2v) is 5.11. The fraction of sp³-hybridized carbons (Fsp3) is 0.250. The maximum atomic E-state index is 12.2. The van der Waals surface area contributed by atoms with E-state index in [2.05, 4.69) is 5.32 Å². The number of carbonyl (C=O) groups is 2. The first kappa shape index (κ1) is 13.4. The van der Waals surface area contributed by atoms with Gasteiger partial charge in [-0.2, -0.15) is 0 Å². The largest absolute Gasteiger partial charge is 0.459 e. The third kappa shape index (κ3) is 2.67. The smallest absolute Gasteiger partial charge is 0.291 e. The highest BCUT2D eigenvalue weighted by Crippen LogP contribution is 2.21. The number of amides is 2. The number of nitrogens with one attached hydrogen (secondary N) is 1. The molecule has 3 rings (SSSR count). The van der Waals surface area contributed by atoms with Gasteiger partial charge in [0.05, 0.1) is 6.26 Å². The Bertz CT molecular complexity index is 673. The van der Waals surface area contributed by atoms with E-state index in [1.54, 1.807) is 29.2 Å². The zero-order valence-corrected chi connectivity index (χ0v) is 11.8. The van der Waals surface area contributed by atoms with E-state index in [0.29, 0.717) is 11.3 Å². The molecule has 21 heavy (non-hydrogen) atoms. The quantitative estimate of drug-likeness (QED) is 0.942. The standard InChI is InChI=1S/C16H16N2O3/c1-11-5-6-12(16(20)18-7-3-8-18)10-13(11)17-15(19)14-4-2-9-21-14/h2,4-6,9-10H,3,7-8H2,1H3,(H,17,19). The molecule has 1 aliphatic rings. The maximum Gasteiger partial charge on any atom is 0.291 e. The SMILES string of the molecule is Cc1ccc(C(=O)N2CCC2)cc1NC(=O)c1ccco1. The topological polar surface area (TPSA) is 62.6 Å². The summed E-state index contributed by atoms with van der Waals surface area (Å²) in [6.45, 7) is 3.50. The molecule has 0 atom stereocenters. The molecule has 0 saturated carbocycles. The third-order valence-corrected chi connectivity index (χ3v) is 3.62. The van der Waals surface area contributed by atoms with E-state index in [1.807, 2.05) is 13.0 Å². The highest BCUT2D eigenvalue weighted by atomic mass is 16.3. The average Bonchev–Trinajstić information content (AvgIpc) is 2.93. The summed E-state index contributed by atoms with van der Waals surface area (Å²) < 4.78 is 5.06. The molecule has 5 nitrogen and oxygen atoms in total. The fourth-order valence-electron chi connectivity index (χ4n) is 2.18. The first-order valence-electron chi connectivity index (χ1n) is 6.90. The Labute approximate surface area is 122 Å². The second kappa shape index (κ2) is 5.44. The lowest BCUT2D eigenvalue weighted by Crippen LogP contribution is -2.42. The molecule has 1 fully saturated rings. The average molecular weight is 284 g/mol. The number of likely N-dealkylation sites (tertiary alicyclic amines) is 1. The van der Waals surface area contributed by atoms with Gasteiger partial charge in [-0.15, -0.1) is 0 Å². The Morgan fingerprint density at radius 2 is 2.05 bits per heavy atom. The molecule has 2 aromatic rings. The van der Waals surface area contributed by atoms with Crippen LogP contribution in [0.1, 0.15) is 32.9 Å².